The van der Waals surface area contributed by atoms with Crippen LogP contribution in [0.5, 0.6) is 0 Å². The summed E-state index contributed by atoms with van der Waals surface area (Å²) in [7, 11) is 0. The lowest BCUT2D eigenvalue weighted by atomic mass is 10.3. The summed E-state index contributed by atoms with van der Waals surface area (Å²) < 4.78 is 0. The molecular weight excluding hydrogens is 198 g/mol. The van der Waals surface area contributed by atoms with Gasteiger partial charge in [0.1, 0.15) is 0 Å². The highest BCUT2D eigenvalue weighted by molar-refractivity contribution is 7.13. The van der Waals surface area contributed by atoms with Crippen molar-refractivity contribution < 1.29 is 4.79 Å². The molecule has 1 aliphatic rings. The zero-order valence-electron chi connectivity index (χ0n) is 8.14. The molecule has 2 heterocycles. The van der Waals surface area contributed by atoms with E-state index in [1.54, 1.807) is 18.3 Å². The molecule has 1 fully saturated rings. The molecule has 1 aromatic heterocycles. The Hall–Kier alpha value is -1.10. The van der Waals surface area contributed by atoms with Crippen LogP contribution in [0.2, 0.25) is 0 Å². The number of piperazine rings is 1. The van der Waals surface area contributed by atoms with Gasteiger partial charge in [-0.05, 0) is 0 Å². The van der Waals surface area contributed by atoms with Gasteiger partial charge in [0.05, 0.1) is 0 Å². The summed E-state index contributed by atoms with van der Waals surface area (Å²) in [6, 6.07) is 0. The molecule has 0 radical (unpaired) electrons. The normalized spacial score (nSPS) is 17.2. The maximum absolute atomic E-state index is 11.1. The summed E-state index contributed by atoms with van der Waals surface area (Å²) >= 11 is 1.65. The quantitative estimate of drug-likeness (QED) is 0.690. The van der Waals surface area contributed by atoms with Crippen molar-refractivity contribution in [2.24, 2.45) is 0 Å². The summed E-state index contributed by atoms with van der Waals surface area (Å²) in [6.45, 7) is 5.04. The third-order valence-corrected chi connectivity index (χ3v) is 3.25. The number of hydrogen-bond acceptors (Lipinski definition) is 4. The second-order valence-corrected chi connectivity index (χ2v) is 4.18. The molecule has 0 unspecified atom stereocenters. The van der Waals surface area contributed by atoms with Crippen molar-refractivity contribution in [3.05, 3.63) is 11.6 Å². The topological polar surface area (TPSA) is 36.4 Å². The fraction of sp³-hybridized carbons (Fsp3) is 0.556. The Morgan fingerprint density at radius 1 is 1.43 bits per heavy atom. The molecule has 0 aliphatic carbocycles. The fourth-order valence-electron chi connectivity index (χ4n) is 1.58. The zero-order chi connectivity index (χ0) is 9.97. The molecule has 1 saturated heterocycles. The van der Waals surface area contributed by atoms with Gasteiger partial charge in [0.2, 0.25) is 5.91 Å². The van der Waals surface area contributed by atoms with Crippen LogP contribution in [-0.2, 0) is 4.79 Å². The van der Waals surface area contributed by atoms with Crippen molar-refractivity contribution in [3.8, 4) is 0 Å². The smallest absolute Gasteiger partial charge is 0.219 e. The Labute approximate surface area is 87.2 Å². The van der Waals surface area contributed by atoms with Crippen LogP contribution in [0.4, 0.5) is 5.13 Å². The molecule has 14 heavy (non-hydrogen) atoms. The predicted molar refractivity (Wildman–Crippen MR) is 56.6 cm³/mol. The lowest BCUT2D eigenvalue weighted by Crippen LogP contribution is -2.48. The van der Waals surface area contributed by atoms with E-state index < -0.39 is 0 Å². The van der Waals surface area contributed by atoms with E-state index in [-0.39, 0.29) is 5.91 Å². The van der Waals surface area contributed by atoms with Gasteiger partial charge in [0.15, 0.2) is 5.13 Å². The molecular formula is C9H13N3OS. The number of thiazole rings is 1. The second kappa shape index (κ2) is 3.96. The van der Waals surface area contributed by atoms with Crippen LogP contribution in [0, 0.1) is 0 Å². The van der Waals surface area contributed by atoms with Crippen LogP contribution in [0.3, 0.4) is 0 Å². The van der Waals surface area contributed by atoms with E-state index >= 15 is 0 Å². The first-order valence-electron chi connectivity index (χ1n) is 4.67. The molecule has 1 aliphatic heterocycles. The van der Waals surface area contributed by atoms with Gasteiger partial charge in [0.25, 0.3) is 0 Å². The Balaban J connectivity index is 1.93. The zero-order valence-corrected chi connectivity index (χ0v) is 8.96. The Kier molecular flexibility index (Phi) is 2.67. The Morgan fingerprint density at radius 3 is 2.64 bits per heavy atom. The number of amides is 1. The highest BCUT2D eigenvalue weighted by Gasteiger charge is 2.19. The molecule has 76 valence electrons. The van der Waals surface area contributed by atoms with Gasteiger partial charge in [-0.25, -0.2) is 4.98 Å². The number of aromatic nitrogens is 1. The van der Waals surface area contributed by atoms with Crippen molar-refractivity contribution in [3.63, 3.8) is 0 Å². The molecule has 1 amide bonds. The van der Waals surface area contributed by atoms with E-state index in [9.17, 15) is 4.79 Å². The number of hydrogen-bond donors (Lipinski definition) is 0. The van der Waals surface area contributed by atoms with E-state index in [1.807, 2.05) is 16.5 Å². The minimum absolute atomic E-state index is 0.170. The molecule has 5 heteroatoms. The molecule has 4 nitrogen and oxygen atoms in total. The highest BCUT2D eigenvalue weighted by Crippen LogP contribution is 2.18. The van der Waals surface area contributed by atoms with Gasteiger partial charge in [-0.2, -0.15) is 0 Å². The number of carbonyl (C=O) groups excluding carboxylic acids is 1. The van der Waals surface area contributed by atoms with Crippen molar-refractivity contribution in [2.75, 3.05) is 31.1 Å². The summed E-state index contributed by atoms with van der Waals surface area (Å²) in [6.07, 6.45) is 1.82. The van der Waals surface area contributed by atoms with Crippen molar-refractivity contribution in [2.45, 2.75) is 6.92 Å². The summed E-state index contributed by atoms with van der Waals surface area (Å²) in [5, 5.41) is 3.04. The third kappa shape index (κ3) is 1.87. The number of rotatable bonds is 1. The standard InChI is InChI=1S/C9H13N3OS/c1-8(13)11-3-5-12(6-4-11)9-10-2-7-14-9/h2,7H,3-6H2,1H3. The first kappa shape index (κ1) is 9.45. The van der Waals surface area contributed by atoms with Crippen LogP contribution >= 0.6 is 11.3 Å². The van der Waals surface area contributed by atoms with E-state index in [1.165, 1.54) is 0 Å². The molecule has 0 spiro atoms. The van der Waals surface area contributed by atoms with E-state index in [0.29, 0.717) is 0 Å². The SMILES string of the molecule is CC(=O)N1CCN(c2nccs2)CC1. The first-order chi connectivity index (χ1) is 6.77. The van der Waals surface area contributed by atoms with Crippen LogP contribution in [-0.4, -0.2) is 42.0 Å². The molecule has 2 rings (SSSR count). The second-order valence-electron chi connectivity index (χ2n) is 3.31. The summed E-state index contributed by atoms with van der Waals surface area (Å²) in [4.78, 5) is 19.4. The minimum atomic E-state index is 0.170. The molecule has 0 aromatic carbocycles. The minimum Gasteiger partial charge on any atom is -0.345 e. The highest BCUT2D eigenvalue weighted by atomic mass is 32.1. The van der Waals surface area contributed by atoms with Crippen LogP contribution in [0.1, 0.15) is 6.92 Å². The summed E-state index contributed by atoms with van der Waals surface area (Å²) in [5.74, 6) is 0.170. The van der Waals surface area contributed by atoms with Gasteiger partial charge in [0, 0.05) is 44.7 Å². The number of carbonyl (C=O) groups is 1. The van der Waals surface area contributed by atoms with E-state index in [0.717, 1.165) is 31.3 Å². The van der Waals surface area contributed by atoms with E-state index in [4.69, 9.17) is 0 Å². The van der Waals surface area contributed by atoms with Gasteiger partial charge in [-0.1, -0.05) is 0 Å². The first-order valence-corrected chi connectivity index (χ1v) is 5.55. The molecule has 0 atom stereocenters. The predicted octanol–water partition coefficient (Wildman–Crippen LogP) is 0.812. The number of anilines is 1. The van der Waals surface area contributed by atoms with E-state index in [2.05, 4.69) is 9.88 Å². The lowest BCUT2D eigenvalue weighted by Gasteiger charge is -2.33. The fourth-order valence-corrected chi connectivity index (χ4v) is 2.28. The van der Waals surface area contributed by atoms with Crippen LogP contribution < -0.4 is 4.90 Å². The lowest BCUT2D eigenvalue weighted by molar-refractivity contribution is -0.129. The van der Waals surface area contributed by atoms with Gasteiger partial charge >= 0.3 is 0 Å². The van der Waals surface area contributed by atoms with Crippen LogP contribution in [0.15, 0.2) is 11.6 Å². The van der Waals surface area contributed by atoms with Crippen LogP contribution in [0.25, 0.3) is 0 Å². The maximum atomic E-state index is 11.1. The van der Waals surface area contributed by atoms with Crippen molar-refractivity contribution in [1.29, 1.82) is 0 Å². The molecule has 1 aromatic rings. The number of nitrogens with zero attached hydrogens (tertiary/aromatic N) is 3. The molecule has 0 bridgehead atoms. The van der Waals surface area contributed by atoms with Gasteiger partial charge < -0.3 is 9.80 Å². The molecule has 0 N–H and O–H groups in total. The maximum Gasteiger partial charge on any atom is 0.219 e. The Bertz CT molecular complexity index is 304. The monoisotopic (exact) mass is 211 g/mol. The average molecular weight is 211 g/mol. The Morgan fingerprint density at radius 2 is 2.14 bits per heavy atom. The average Bonchev–Trinajstić information content (AvgIpc) is 2.71. The third-order valence-electron chi connectivity index (χ3n) is 2.41. The van der Waals surface area contributed by atoms with Crippen molar-refractivity contribution in [1.82, 2.24) is 9.88 Å². The van der Waals surface area contributed by atoms with Gasteiger partial charge in [-0.15, -0.1) is 11.3 Å². The largest absolute Gasteiger partial charge is 0.345 e. The summed E-state index contributed by atoms with van der Waals surface area (Å²) in [5.41, 5.74) is 0. The van der Waals surface area contributed by atoms with Gasteiger partial charge in [-0.3, -0.25) is 4.79 Å². The van der Waals surface area contributed by atoms with Crippen molar-refractivity contribution >= 4 is 22.4 Å². The molecule has 0 saturated carbocycles.